The van der Waals surface area contributed by atoms with Gasteiger partial charge in [-0.05, 0) is 54.1 Å². The maximum atomic E-state index is 12.9. The van der Waals surface area contributed by atoms with Gasteiger partial charge in [0.2, 0.25) is 0 Å². The zero-order valence-electron chi connectivity index (χ0n) is 16.2. The Morgan fingerprint density at radius 1 is 1.03 bits per heavy atom. The van der Waals surface area contributed by atoms with Gasteiger partial charge in [0, 0.05) is 16.0 Å². The molecule has 0 atom stereocenters. The molecule has 148 valence electrons. The second kappa shape index (κ2) is 8.76. The number of fused-ring (bicyclic) bond motifs is 1. The van der Waals surface area contributed by atoms with E-state index in [1.807, 2.05) is 60.7 Å². The van der Waals surface area contributed by atoms with Gasteiger partial charge in [0.25, 0.3) is 5.91 Å². The van der Waals surface area contributed by atoms with E-state index in [-0.39, 0.29) is 5.91 Å². The molecule has 0 aliphatic rings. The number of amides is 1. The molecule has 0 saturated carbocycles. The van der Waals surface area contributed by atoms with E-state index >= 15 is 0 Å². The molecule has 0 bridgehead atoms. The first-order chi connectivity index (χ1) is 14.6. The number of pyridine rings is 1. The highest BCUT2D eigenvalue weighted by Crippen LogP contribution is 2.26. The Morgan fingerprint density at radius 3 is 2.50 bits per heavy atom. The third-order valence-corrected chi connectivity index (χ3v) is 4.85. The second-order valence-corrected chi connectivity index (χ2v) is 6.99. The Kier molecular flexibility index (Phi) is 5.72. The minimum absolute atomic E-state index is 0.312. The molecule has 5 nitrogen and oxygen atoms in total. The van der Waals surface area contributed by atoms with Crippen LogP contribution in [0.5, 0.6) is 5.75 Å². The zero-order valence-corrected chi connectivity index (χ0v) is 16.9. The number of hydrogen-bond acceptors (Lipinski definition) is 4. The summed E-state index contributed by atoms with van der Waals surface area (Å²) in [7, 11) is 1.61. The molecule has 0 fully saturated rings. The molecule has 0 radical (unpaired) electrons. The number of carbonyl (C=O) groups excluding carboxylic acids is 1. The Bertz CT molecular complexity index is 1220. The van der Waals surface area contributed by atoms with Crippen LogP contribution in [0.25, 0.3) is 22.2 Å². The van der Waals surface area contributed by atoms with Crippen LogP contribution in [0, 0.1) is 0 Å². The summed E-state index contributed by atoms with van der Waals surface area (Å²) in [6.07, 6.45) is 1.58. The van der Waals surface area contributed by atoms with E-state index in [0.717, 1.165) is 27.8 Å². The molecule has 4 aromatic rings. The van der Waals surface area contributed by atoms with Crippen LogP contribution >= 0.6 is 11.6 Å². The topological polar surface area (TPSA) is 63.6 Å². The number of ether oxygens (including phenoxy) is 1. The van der Waals surface area contributed by atoms with Gasteiger partial charge < -0.3 is 4.74 Å². The van der Waals surface area contributed by atoms with Gasteiger partial charge in [-0.25, -0.2) is 10.4 Å². The third kappa shape index (κ3) is 4.31. The Balaban J connectivity index is 1.63. The van der Waals surface area contributed by atoms with Crippen molar-refractivity contribution in [3.8, 4) is 17.0 Å². The lowest BCUT2D eigenvalue weighted by atomic mass is 10.0. The first kappa shape index (κ1) is 19.6. The summed E-state index contributed by atoms with van der Waals surface area (Å²) in [5.41, 5.74) is 6.25. The number of aromatic nitrogens is 1. The highest BCUT2D eigenvalue weighted by atomic mass is 35.5. The summed E-state index contributed by atoms with van der Waals surface area (Å²) in [4.78, 5) is 17.6. The predicted octanol–water partition coefficient (Wildman–Crippen LogP) is 5.33. The zero-order chi connectivity index (χ0) is 20.9. The summed E-state index contributed by atoms with van der Waals surface area (Å²) in [6, 6.07) is 24.0. The minimum atomic E-state index is -0.312. The second-order valence-electron chi connectivity index (χ2n) is 6.55. The molecule has 6 heteroatoms. The number of halogens is 1. The summed E-state index contributed by atoms with van der Waals surface area (Å²) in [5, 5.41) is 5.49. The van der Waals surface area contributed by atoms with E-state index in [4.69, 9.17) is 16.3 Å². The first-order valence-corrected chi connectivity index (χ1v) is 9.65. The molecule has 3 aromatic carbocycles. The van der Waals surface area contributed by atoms with Crippen molar-refractivity contribution in [3.63, 3.8) is 0 Å². The summed E-state index contributed by atoms with van der Waals surface area (Å²) < 4.78 is 5.14. The minimum Gasteiger partial charge on any atom is -0.497 e. The van der Waals surface area contributed by atoms with E-state index in [2.05, 4.69) is 15.5 Å². The molecular formula is C24H18ClN3O2. The fraction of sp³-hybridized carbons (Fsp3) is 0.0417. The lowest BCUT2D eigenvalue weighted by Gasteiger charge is -2.09. The number of carbonyl (C=O) groups is 1. The average Bonchev–Trinajstić information content (AvgIpc) is 2.79. The van der Waals surface area contributed by atoms with Crippen molar-refractivity contribution in [2.75, 3.05) is 7.11 Å². The van der Waals surface area contributed by atoms with Gasteiger partial charge in [0.15, 0.2) is 0 Å². The molecule has 0 unspecified atom stereocenters. The smallest absolute Gasteiger partial charge is 0.272 e. The molecule has 1 N–H and O–H groups in total. The molecular weight excluding hydrogens is 398 g/mol. The van der Waals surface area contributed by atoms with Crippen LogP contribution in [0.4, 0.5) is 0 Å². The van der Waals surface area contributed by atoms with Gasteiger partial charge in [0.1, 0.15) is 5.75 Å². The number of nitrogens with zero attached hydrogens (tertiary/aromatic N) is 2. The van der Waals surface area contributed by atoms with Crippen molar-refractivity contribution in [2.24, 2.45) is 5.10 Å². The lowest BCUT2D eigenvalue weighted by Crippen LogP contribution is -2.18. The number of para-hydroxylation sites is 1. The van der Waals surface area contributed by atoms with Gasteiger partial charge >= 0.3 is 0 Å². The molecule has 0 aliphatic carbocycles. The number of hydrogen-bond donors (Lipinski definition) is 1. The quantitative estimate of drug-likeness (QED) is 0.354. The van der Waals surface area contributed by atoms with E-state index in [0.29, 0.717) is 16.3 Å². The maximum absolute atomic E-state index is 12.9. The number of nitrogens with one attached hydrogen (secondary N) is 1. The third-order valence-electron chi connectivity index (χ3n) is 4.60. The summed E-state index contributed by atoms with van der Waals surface area (Å²) in [6.45, 7) is 0. The van der Waals surface area contributed by atoms with Crippen LogP contribution in [0.3, 0.4) is 0 Å². The van der Waals surface area contributed by atoms with Crippen LogP contribution in [0.15, 0.2) is 84.0 Å². The Labute approximate surface area is 179 Å². The molecule has 1 heterocycles. The van der Waals surface area contributed by atoms with Gasteiger partial charge in [-0.2, -0.15) is 5.10 Å². The van der Waals surface area contributed by atoms with E-state index in [1.54, 1.807) is 31.5 Å². The van der Waals surface area contributed by atoms with Crippen molar-refractivity contribution < 1.29 is 9.53 Å². The van der Waals surface area contributed by atoms with E-state index < -0.39 is 0 Å². The van der Waals surface area contributed by atoms with Gasteiger partial charge in [0.05, 0.1) is 30.1 Å². The highest BCUT2D eigenvalue weighted by molar-refractivity contribution is 6.30. The highest BCUT2D eigenvalue weighted by Gasteiger charge is 2.13. The monoisotopic (exact) mass is 415 g/mol. The number of methoxy groups -OCH3 is 1. The van der Waals surface area contributed by atoms with Gasteiger partial charge in [-0.1, -0.05) is 41.9 Å². The average molecular weight is 416 g/mol. The van der Waals surface area contributed by atoms with Gasteiger partial charge in [-0.3, -0.25) is 4.79 Å². The lowest BCUT2D eigenvalue weighted by molar-refractivity contribution is 0.0956. The van der Waals surface area contributed by atoms with E-state index in [1.165, 1.54) is 0 Å². The molecule has 4 rings (SSSR count). The van der Waals surface area contributed by atoms with Crippen molar-refractivity contribution in [3.05, 3.63) is 95.0 Å². The standard InChI is InChI=1S/C24H18ClN3O2/c1-30-19-12-6-16(7-13-19)15-26-28-24(29)21-14-23(17-8-10-18(25)11-9-17)27-22-5-3-2-4-20(21)22/h2-15H,1H3,(H,28,29)/b26-15+. The Morgan fingerprint density at radius 2 is 1.77 bits per heavy atom. The van der Waals surface area contributed by atoms with Crippen LogP contribution in [0.2, 0.25) is 5.02 Å². The molecule has 30 heavy (non-hydrogen) atoms. The van der Waals surface area contributed by atoms with Crippen LogP contribution < -0.4 is 10.2 Å². The van der Waals surface area contributed by atoms with Crippen LogP contribution in [-0.4, -0.2) is 24.2 Å². The SMILES string of the molecule is COc1ccc(/C=N/NC(=O)c2cc(-c3ccc(Cl)cc3)nc3ccccc23)cc1. The largest absolute Gasteiger partial charge is 0.497 e. The Hall–Kier alpha value is -3.70. The fourth-order valence-corrected chi connectivity index (χ4v) is 3.17. The molecule has 1 amide bonds. The molecule has 1 aromatic heterocycles. The number of hydrazone groups is 1. The fourth-order valence-electron chi connectivity index (χ4n) is 3.05. The van der Waals surface area contributed by atoms with Crippen molar-refractivity contribution >= 4 is 34.6 Å². The van der Waals surface area contributed by atoms with Crippen molar-refractivity contribution in [1.29, 1.82) is 0 Å². The van der Waals surface area contributed by atoms with E-state index in [9.17, 15) is 4.79 Å². The molecule has 0 spiro atoms. The van der Waals surface area contributed by atoms with Crippen LogP contribution in [-0.2, 0) is 0 Å². The van der Waals surface area contributed by atoms with Gasteiger partial charge in [-0.15, -0.1) is 0 Å². The number of rotatable bonds is 5. The molecule has 0 aliphatic heterocycles. The summed E-state index contributed by atoms with van der Waals surface area (Å²) in [5.74, 6) is 0.447. The normalized spacial score (nSPS) is 11.0. The first-order valence-electron chi connectivity index (χ1n) is 9.27. The van der Waals surface area contributed by atoms with Crippen molar-refractivity contribution in [2.45, 2.75) is 0 Å². The maximum Gasteiger partial charge on any atom is 0.272 e. The predicted molar refractivity (Wildman–Crippen MR) is 120 cm³/mol. The molecule has 0 saturated heterocycles. The van der Waals surface area contributed by atoms with Crippen molar-refractivity contribution in [1.82, 2.24) is 10.4 Å². The number of benzene rings is 3. The summed E-state index contributed by atoms with van der Waals surface area (Å²) >= 11 is 5.99. The van der Waals surface area contributed by atoms with Crippen LogP contribution in [0.1, 0.15) is 15.9 Å².